The molecule has 0 spiro atoms. The Kier molecular flexibility index (Phi) is 6.08. The molecule has 0 fully saturated rings. The normalized spacial score (nSPS) is 16.7. The van der Waals surface area contributed by atoms with E-state index in [2.05, 4.69) is 10.3 Å². The number of carbonyl (C=O) groups excluding carboxylic acids is 2. The highest BCUT2D eigenvalue weighted by atomic mass is 35.5. The molecule has 2 aromatic rings. The number of rotatable bonds is 4. The summed E-state index contributed by atoms with van der Waals surface area (Å²) in [6, 6.07) is 7.15. The number of imidazole rings is 1. The molecule has 7 nitrogen and oxygen atoms in total. The summed E-state index contributed by atoms with van der Waals surface area (Å²) < 4.78 is 12.1. The van der Waals surface area contributed by atoms with Crippen molar-refractivity contribution in [3.05, 3.63) is 76.3 Å². The maximum Gasteiger partial charge on any atom is 0.513 e. The number of halogens is 1. The van der Waals surface area contributed by atoms with Gasteiger partial charge in [-0.15, -0.1) is 0 Å². The molecule has 152 valence electrons. The summed E-state index contributed by atoms with van der Waals surface area (Å²) in [4.78, 5) is 29.5. The molecule has 1 aromatic carbocycles. The number of aromatic nitrogens is 2. The molecule has 1 N–H and O–H groups in total. The Morgan fingerprint density at radius 3 is 2.55 bits per heavy atom. The van der Waals surface area contributed by atoms with Gasteiger partial charge in [0.15, 0.2) is 0 Å². The lowest BCUT2D eigenvalue weighted by Crippen LogP contribution is -2.32. The van der Waals surface area contributed by atoms with E-state index in [0.29, 0.717) is 27.6 Å². The van der Waals surface area contributed by atoms with Crippen molar-refractivity contribution in [3.63, 3.8) is 0 Å². The first-order valence-corrected chi connectivity index (χ1v) is 9.51. The van der Waals surface area contributed by atoms with E-state index in [-0.39, 0.29) is 17.8 Å². The van der Waals surface area contributed by atoms with Gasteiger partial charge in [0.2, 0.25) is 0 Å². The van der Waals surface area contributed by atoms with E-state index in [0.717, 1.165) is 0 Å². The lowest BCUT2D eigenvalue weighted by atomic mass is 9.84. The number of carbonyl (C=O) groups is 2. The van der Waals surface area contributed by atoms with Gasteiger partial charge in [0.1, 0.15) is 12.1 Å². The molecule has 0 radical (unpaired) electrons. The van der Waals surface area contributed by atoms with Crippen molar-refractivity contribution in [2.45, 2.75) is 39.7 Å². The van der Waals surface area contributed by atoms with Crippen molar-refractivity contribution in [2.24, 2.45) is 0 Å². The van der Waals surface area contributed by atoms with Crippen LogP contribution in [0.25, 0.3) is 0 Å². The van der Waals surface area contributed by atoms with Gasteiger partial charge in [-0.05, 0) is 39.3 Å². The van der Waals surface area contributed by atoms with Crippen LogP contribution in [0, 0.1) is 0 Å². The van der Waals surface area contributed by atoms with Crippen LogP contribution in [0.2, 0.25) is 5.02 Å². The molecule has 3 rings (SSSR count). The molecule has 1 aliphatic heterocycles. The third-order valence-corrected chi connectivity index (χ3v) is 4.75. The molecular formula is C21H22ClN3O4. The largest absolute Gasteiger partial charge is 0.513 e. The second-order valence-corrected chi connectivity index (χ2v) is 7.31. The summed E-state index contributed by atoms with van der Waals surface area (Å²) in [5.74, 6) is -0.736. The lowest BCUT2D eigenvalue weighted by molar-refractivity contribution is 0.0494. The summed E-state index contributed by atoms with van der Waals surface area (Å²) in [7, 11) is 0. The number of ether oxygens (including phenoxy) is 2. The second kappa shape index (κ2) is 8.53. The number of benzene rings is 1. The molecule has 1 unspecified atom stereocenters. The van der Waals surface area contributed by atoms with E-state index in [1.54, 1.807) is 52.1 Å². The van der Waals surface area contributed by atoms with Gasteiger partial charge in [-0.1, -0.05) is 29.8 Å². The Bertz CT molecular complexity index is 993. The van der Waals surface area contributed by atoms with Gasteiger partial charge in [0, 0.05) is 23.1 Å². The first-order chi connectivity index (χ1) is 13.8. The molecule has 2 heterocycles. The molecule has 1 aliphatic rings. The predicted octanol–water partition coefficient (Wildman–Crippen LogP) is 4.63. The maximum atomic E-state index is 13.3. The number of nitrogens with zero attached hydrogens (tertiary/aromatic N) is 2. The van der Waals surface area contributed by atoms with Crippen LogP contribution in [0.5, 0.6) is 0 Å². The van der Waals surface area contributed by atoms with Gasteiger partial charge in [-0.25, -0.2) is 9.78 Å². The molecule has 0 bridgehead atoms. The van der Waals surface area contributed by atoms with Crippen molar-refractivity contribution in [3.8, 4) is 0 Å². The number of hydrogen-bond acceptors (Lipinski definition) is 6. The van der Waals surface area contributed by atoms with Crippen molar-refractivity contribution < 1.29 is 19.1 Å². The van der Waals surface area contributed by atoms with Crippen LogP contribution in [0.1, 0.15) is 44.0 Å². The number of dihydropyridines is 1. The Balaban J connectivity index is 2.12. The first-order valence-electron chi connectivity index (χ1n) is 9.13. The molecule has 8 heteroatoms. The van der Waals surface area contributed by atoms with E-state index < -0.39 is 12.1 Å². The Morgan fingerprint density at radius 2 is 1.93 bits per heavy atom. The zero-order chi connectivity index (χ0) is 21.1. The highest BCUT2D eigenvalue weighted by molar-refractivity contribution is 6.31. The van der Waals surface area contributed by atoms with Crippen LogP contribution in [0.4, 0.5) is 4.79 Å². The van der Waals surface area contributed by atoms with E-state index in [1.807, 2.05) is 6.07 Å². The van der Waals surface area contributed by atoms with Crippen LogP contribution >= 0.6 is 11.6 Å². The van der Waals surface area contributed by atoms with E-state index in [1.165, 1.54) is 17.1 Å². The topological polar surface area (TPSA) is 82.5 Å². The highest BCUT2D eigenvalue weighted by Gasteiger charge is 2.37. The zero-order valence-corrected chi connectivity index (χ0v) is 17.4. The minimum Gasteiger partial charge on any atom is -0.431 e. The fourth-order valence-electron chi connectivity index (χ4n) is 3.22. The summed E-state index contributed by atoms with van der Waals surface area (Å²) in [5, 5.41) is 3.58. The Labute approximate surface area is 174 Å². The molecule has 1 atom stereocenters. The standard InChI is InChI=1S/C21H22ClN3O4/c1-12(2)28-21(27)29-19-14(4)24-13(3)17(20(26)25-10-9-23-11-25)18(19)15-7-5-6-8-16(15)22/h5-12,18,24H,1-4H3. The van der Waals surface area contributed by atoms with Crippen LogP contribution in [-0.2, 0) is 9.47 Å². The fourth-order valence-corrected chi connectivity index (χ4v) is 3.47. The molecule has 0 saturated heterocycles. The number of hydrogen-bond donors (Lipinski definition) is 1. The minimum absolute atomic E-state index is 0.262. The maximum absolute atomic E-state index is 13.3. The van der Waals surface area contributed by atoms with E-state index in [4.69, 9.17) is 21.1 Å². The summed E-state index contributed by atoms with van der Waals surface area (Å²) in [5.41, 5.74) is 2.27. The van der Waals surface area contributed by atoms with Crippen molar-refractivity contribution in [1.29, 1.82) is 0 Å². The zero-order valence-electron chi connectivity index (χ0n) is 16.6. The summed E-state index contributed by atoms with van der Waals surface area (Å²) >= 11 is 6.47. The monoisotopic (exact) mass is 415 g/mol. The van der Waals surface area contributed by atoms with Crippen LogP contribution < -0.4 is 5.32 Å². The van der Waals surface area contributed by atoms with E-state index >= 15 is 0 Å². The Hall–Kier alpha value is -3.06. The quantitative estimate of drug-likeness (QED) is 0.733. The van der Waals surface area contributed by atoms with Crippen molar-refractivity contribution >= 4 is 23.7 Å². The molecule has 0 amide bonds. The summed E-state index contributed by atoms with van der Waals surface area (Å²) in [6.07, 6.45) is 3.31. The van der Waals surface area contributed by atoms with Crippen LogP contribution in [0.15, 0.2) is 65.7 Å². The van der Waals surface area contributed by atoms with Crippen molar-refractivity contribution in [2.75, 3.05) is 0 Å². The fraction of sp³-hybridized carbons (Fsp3) is 0.286. The molecule has 0 aliphatic carbocycles. The highest BCUT2D eigenvalue weighted by Crippen LogP contribution is 2.42. The van der Waals surface area contributed by atoms with Gasteiger partial charge in [-0.3, -0.25) is 9.36 Å². The smallest absolute Gasteiger partial charge is 0.431 e. The molecule has 1 aromatic heterocycles. The van der Waals surface area contributed by atoms with Gasteiger partial charge in [-0.2, -0.15) is 0 Å². The van der Waals surface area contributed by atoms with Gasteiger partial charge < -0.3 is 14.8 Å². The number of allylic oxidation sites excluding steroid dienone is 3. The lowest BCUT2D eigenvalue weighted by Gasteiger charge is -2.31. The van der Waals surface area contributed by atoms with Crippen LogP contribution in [-0.4, -0.2) is 27.7 Å². The first kappa shape index (κ1) is 20.7. The van der Waals surface area contributed by atoms with Gasteiger partial charge in [0.25, 0.3) is 5.91 Å². The van der Waals surface area contributed by atoms with Crippen LogP contribution in [0.3, 0.4) is 0 Å². The van der Waals surface area contributed by atoms with E-state index in [9.17, 15) is 9.59 Å². The van der Waals surface area contributed by atoms with Gasteiger partial charge >= 0.3 is 6.16 Å². The van der Waals surface area contributed by atoms with Crippen molar-refractivity contribution in [1.82, 2.24) is 14.9 Å². The number of nitrogens with one attached hydrogen (secondary N) is 1. The van der Waals surface area contributed by atoms with Gasteiger partial charge in [0.05, 0.1) is 23.3 Å². The second-order valence-electron chi connectivity index (χ2n) is 6.90. The average Bonchev–Trinajstić information content (AvgIpc) is 3.18. The minimum atomic E-state index is -0.845. The molecular weight excluding hydrogens is 394 g/mol. The predicted molar refractivity (Wildman–Crippen MR) is 108 cm³/mol. The SMILES string of the molecule is CC1=C(OC(=O)OC(C)C)C(c2ccccc2Cl)C(C(=O)n2ccnc2)=C(C)N1. The average molecular weight is 416 g/mol. The Morgan fingerprint density at radius 1 is 1.21 bits per heavy atom. The third kappa shape index (κ3) is 4.35. The third-order valence-electron chi connectivity index (χ3n) is 4.41. The summed E-state index contributed by atoms with van der Waals surface area (Å²) in [6.45, 7) is 7.01. The molecule has 0 saturated carbocycles. The molecule has 29 heavy (non-hydrogen) atoms.